The van der Waals surface area contributed by atoms with E-state index in [1.54, 1.807) is 0 Å². The van der Waals surface area contributed by atoms with Crippen LogP contribution in [0, 0.1) is 11.8 Å². The van der Waals surface area contributed by atoms with Gasteiger partial charge in [-0.1, -0.05) is 45.4 Å². The molecule has 0 amide bonds. The monoisotopic (exact) mass is 172 g/mol. The van der Waals surface area contributed by atoms with Gasteiger partial charge in [0, 0.05) is 0 Å². The molecule has 0 spiro atoms. The zero-order valence-corrected chi connectivity index (χ0v) is 8.19. The van der Waals surface area contributed by atoms with Crippen molar-refractivity contribution in [3.63, 3.8) is 0 Å². The summed E-state index contributed by atoms with van der Waals surface area (Å²) in [6.45, 7) is 2.24. The topological polar surface area (TPSA) is 0 Å². The predicted molar refractivity (Wildman–Crippen MR) is 50.9 cm³/mol. The van der Waals surface area contributed by atoms with Crippen LogP contribution in [0.25, 0.3) is 0 Å². The molecular formula is C11H21F. The van der Waals surface area contributed by atoms with Crippen LogP contribution in [0.1, 0.15) is 51.9 Å². The van der Waals surface area contributed by atoms with Gasteiger partial charge in [0.05, 0.1) is 6.67 Å². The Morgan fingerprint density at radius 1 is 1.17 bits per heavy atom. The molecular weight excluding hydrogens is 151 g/mol. The lowest BCUT2D eigenvalue weighted by molar-refractivity contribution is 0.367. The van der Waals surface area contributed by atoms with E-state index in [1.807, 2.05) is 0 Å². The van der Waals surface area contributed by atoms with Gasteiger partial charge in [-0.15, -0.1) is 0 Å². The van der Waals surface area contributed by atoms with Crippen LogP contribution in [0.3, 0.4) is 0 Å². The number of halogens is 1. The first-order valence-corrected chi connectivity index (χ1v) is 5.40. The molecule has 0 N–H and O–H groups in total. The summed E-state index contributed by atoms with van der Waals surface area (Å²) in [5.41, 5.74) is 0. The Morgan fingerprint density at radius 2 is 2.00 bits per heavy atom. The average Bonchev–Trinajstić information content (AvgIpc) is 2.46. The molecule has 1 fully saturated rings. The summed E-state index contributed by atoms with van der Waals surface area (Å²) in [5, 5.41) is 0. The molecule has 0 bridgehead atoms. The first-order chi connectivity index (χ1) is 5.84. The van der Waals surface area contributed by atoms with Crippen molar-refractivity contribution in [1.29, 1.82) is 0 Å². The van der Waals surface area contributed by atoms with Gasteiger partial charge < -0.3 is 0 Å². The highest BCUT2D eigenvalue weighted by molar-refractivity contribution is 4.73. The zero-order valence-electron chi connectivity index (χ0n) is 8.19. The van der Waals surface area contributed by atoms with Gasteiger partial charge in [-0.25, -0.2) is 0 Å². The minimum Gasteiger partial charge on any atom is -0.251 e. The SMILES string of the molecule is C[C@@H]1CCC[C@@H]1CCCCCF. The second-order valence-corrected chi connectivity index (χ2v) is 4.21. The predicted octanol–water partition coefficient (Wildman–Crippen LogP) is 3.95. The lowest BCUT2D eigenvalue weighted by Crippen LogP contribution is -2.03. The molecule has 12 heavy (non-hydrogen) atoms. The lowest BCUT2D eigenvalue weighted by Gasteiger charge is -2.14. The van der Waals surface area contributed by atoms with Crippen molar-refractivity contribution in [3.8, 4) is 0 Å². The smallest absolute Gasteiger partial charge is 0.0894 e. The zero-order chi connectivity index (χ0) is 8.81. The minimum absolute atomic E-state index is 0.125. The first-order valence-electron chi connectivity index (χ1n) is 5.40. The summed E-state index contributed by atoms with van der Waals surface area (Å²) in [5.74, 6) is 1.90. The second-order valence-electron chi connectivity index (χ2n) is 4.21. The Balaban J connectivity index is 1.98. The van der Waals surface area contributed by atoms with E-state index in [0.29, 0.717) is 0 Å². The van der Waals surface area contributed by atoms with Gasteiger partial charge in [-0.3, -0.25) is 4.39 Å². The molecule has 72 valence electrons. The van der Waals surface area contributed by atoms with Gasteiger partial charge in [-0.05, 0) is 18.3 Å². The summed E-state index contributed by atoms with van der Waals surface area (Å²) in [7, 11) is 0. The maximum absolute atomic E-state index is 11.8. The number of alkyl halides is 1. The summed E-state index contributed by atoms with van der Waals surface area (Å²) in [6.07, 6.45) is 8.75. The highest BCUT2D eigenvalue weighted by Gasteiger charge is 2.22. The van der Waals surface area contributed by atoms with Gasteiger partial charge in [0.2, 0.25) is 0 Å². The normalized spacial score (nSPS) is 29.5. The molecule has 1 aliphatic carbocycles. The Bertz CT molecular complexity index is 112. The molecule has 0 aromatic rings. The summed E-state index contributed by atoms with van der Waals surface area (Å²) in [4.78, 5) is 0. The van der Waals surface area contributed by atoms with Crippen LogP contribution < -0.4 is 0 Å². The van der Waals surface area contributed by atoms with Gasteiger partial charge >= 0.3 is 0 Å². The number of unbranched alkanes of at least 4 members (excludes halogenated alkanes) is 2. The van der Waals surface area contributed by atoms with Crippen LogP contribution in [-0.2, 0) is 0 Å². The standard InChI is InChI=1S/C11H21F/c1-10-6-5-8-11(10)7-3-2-4-9-12/h10-11H,2-9H2,1H3/t10-,11+/m1/s1. The van der Waals surface area contributed by atoms with Crippen LogP contribution in [0.2, 0.25) is 0 Å². The molecule has 1 rings (SSSR count). The highest BCUT2D eigenvalue weighted by atomic mass is 19.1. The summed E-state index contributed by atoms with van der Waals surface area (Å²) < 4.78 is 11.8. The van der Waals surface area contributed by atoms with Crippen molar-refractivity contribution < 1.29 is 4.39 Å². The van der Waals surface area contributed by atoms with E-state index in [-0.39, 0.29) is 6.67 Å². The third-order valence-electron chi connectivity index (χ3n) is 3.25. The number of rotatable bonds is 5. The van der Waals surface area contributed by atoms with Crippen LogP contribution in [0.4, 0.5) is 4.39 Å². The molecule has 0 aliphatic heterocycles. The molecule has 1 aliphatic rings. The molecule has 0 aromatic heterocycles. The summed E-state index contributed by atoms with van der Waals surface area (Å²) >= 11 is 0. The van der Waals surface area contributed by atoms with E-state index in [4.69, 9.17) is 0 Å². The molecule has 1 saturated carbocycles. The molecule has 0 aromatic carbocycles. The minimum atomic E-state index is -0.125. The van der Waals surface area contributed by atoms with Crippen molar-refractivity contribution in [2.75, 3.05) is 6.67 Å². The highest BCUT2D eigenvalue weighted by Crippen LogP contribution is 2.34. The maximum Gasteiger partial charge on any atom is 0.0894 e. The van der Waals surface area contributed by atoms with Crippen LogP contribution in [0.15, 0.2) is 0 Å². The molecule has 0 radical (unpaired) electrons. The first kappa shape index (κ1) is 10.0. The molecule has 0 nitrogen and oxygen atoms in total. The van der Waals surface area contributed by atoms with Crippen LogP contribution >= 0.6 is 0 Å². The Hall–Kier alpha value is -0.0700. The molecule has 0 heterocycles. The van der Waals surface area contributed by atoms with E-state index >= 15 is 0 Å². The van der Waals surface area contributed by atoms with Gasteiger partial charge in [0.25, 0.3) is 0 Å². The largest absolute Gasteiger partial charge is 0.251 e. The van der Waals surface area contributed by atoms with Crippen molar-refractivity contribution in [2.45, 2.75) is 51.9 Å². The third-order valence-corrected chi connectivity index (χ3v) is 3.25. The van der Waals surface area contributed by atoms with Crippen molar-refractivity contribution in [2.24, 2.45) is 11.8 Å². The lowest BCUT2D eigenvalue weighted by atomic mass is 9.92. The fourth-order valence-corrected chi connectivity index (χ4v) is 2.33. The molecule has 2 atom stereocenters. The Labute approximate surface area is 75.5 Å². The van der Waals surface area contributed by atoms with Crippen molar-refractivity contribution in [1.82, 2.24) is 0 Å². The van der Waals surface area contributed by atoms with Crippen molar-refractivity contribution >= 4 is 0 Å². The quantitative estimate of drug-likeness (QED) is 0.551. The van der Waals surface area contributed by atoms with E-state index in [9.17, 15) is 4.39 Å². The molecule has 0 saturated heterocycles. The molecule has 1 heteroatoms. The second kappa shape index (κ2) is 5.55. The van der Waals surface area contributed by atoms with E-state index in [0.717, 1.165) is 24.7 Å². The van der Waals surface area contributed by atoms with E-state index < -0.39 is 0 Å². The van der Waals surface area contributed by atoms with Gasteiger partial charge in [0.1, 0.15) is 0 Å². The Kier molecular flexibility index (Phi) is 4.63. The van der Waals surface area contributed by atoms with Crippen LogP contribution in [-0.4, -0.2) is 6.67 Å². The summed E-state index contributed by atoms with van der Waals surface area (Å²) in [6, 6.07) is 0. The van der Waals surface area contributed by atoms with Crippen molar-refractivity contribution in [3.05, 3.63) is 0 Å². The Morgan fingerprint density at radius 3 is 2.58 bits per heavy atom. The van der Waals surface area contributed by atoms with E-state index in [1.165, 1.54) is 32.1 Å². The fraction of sp³-hybridized carbons (Fsp3) is 1.00. The molecule has 0 unspecified atom stereocenters. The number of hydrogen-bond acceptors (Lipinski definition) is 0. The van der Waals surface area contributed by atoms with Gasteiger partial charge in [0.15, 0.2) is 0 Å². The maximum atomic E-state index is 11.8. The van der Waals surface area contributed by atoms with E-state index in [2.05, 4.69) is 6.92 Å². The fourth-order valence-electron chi connectivity index (χ4n) is 2.33. The number of hydrogen-bond donors (Lipinski definition) is 0. The average molecular weight is 172 g/mol. The van der Waals surface area contributed by atoms with Gasteiger partial charge in [-0.2, -0.15) is 0 Å². The third kappa shape index (κ3) is 3.12. The van der Waals surface area contributed by atoms with Crippen LogP contribution in [0.5, 0.6) is 0 Å².